The fourth-order valence-corrected chi connectivity index (χ4v) is 4.92. The summed E-state index contributed by atoms with van der Waals surface area (Å²) in [7, 11) is 5.74. The molecule has 174 valence electrons. The third-order valence-electron chi connectivity index (χ3n) is 7.39. The number of hydrogen-bond acceptors (Lipinski definition) is 3. The lowest BCUT2D eigenvalue weighted by Gasteiger charge is -2.38. The van der Waals surface area contributed by atoms with Gasteiger partial charge in [0.05, 0.1) is 0 Å². The summed E-state index contributed by atoms with van der Waals surface area (Å²) in [6.45, 7) is 4.70. The zero-order valence-corrected chi connectivity index (χ0v) is 20.4. The summed E-state index contributed by atoms with van der Waals surface area (Å²) >= 11 is 0. The number of H-pyrrole nitrogens is 1. The zero-order chi connectivity index (χ0) is 23.9. The Bertz CT molecular complexity index is 1310. The average Bonchev–Trinajstić information content (AvgIpc) is 3.29. The molecule has 0 atom stereocenters. The first-order valence-corrected chi connectivity index (χ1v) is 11.9. The third-order valence-corrected chi connectivity index (χ3v) is 7.39. The zero-order valence-electron chi connectivity index (χ0n) is 20.4. The van der Waals surface area contributed by atoms with E-state index in [0.29, 0.717) is 5.56 Å². The van der Waals surface area contributed by atoms with Gasteiger partial charge in [0, 0.05) is 48.6 Å². The van der Waals surface area contributed by atoms with Gasteiger partial charge in [-0.15, -0.1) is 0 Å². The number of carbonyl (C=O) groups is 1. The van der Waals surface area contributed by atoms with Crippen molar-refractivity contribution in [2.45, 2.75) is 25.2 Å². The van der Waals surface area contributed by atoms with E-state index in [4.69, 9.17) is 0 Å². The van der Waals surface area contributed by atoms with Crippen LogP contribution in [-0.2, 0) is 5.41 Å². The van der Waals surface area contributed by atoms with Crippen molar-refractivity contribution in [3.8, 4) is 22.3 Å². The van der Waals surface area contributed by atoms with Gasteiger partial charge in [0.15, 0.2) is 0 Å². The monoisotopic (exact) mass is 452 g/mol. The van der Waals surface area contributed by atoms with Crippen molar-refractivity contribution >= 4 is 16.9 Å². The molecule has 4 aromatic rings. The highest BCUT2D eigenvalue weighted by molar-refractivity contribution is 5.97. The molecule has 5 nitrogen and oxygen atoms in total. The highest BCUT2D eigenvalue weighted by Gasteiger charge is 2.30. The van der Waals surface area contributed by atoms with Crippen molar-refractivity contribution in [1.29, 1.82) is 0 Å². The van der Waals surface area contributed by atoms with E-state index in [1.54, 1.807) is 19.0 Å². The number of aromatic nitrogens is 2. The Morgan fingerprint density at radius 1 is 0.971 bits per heavy atom. The lowest BCUT2D eigenvalue weighted by Crippen LogP contribution is -2.38. The van der Waals surface area contributed by atoms with Crippen LogP contribution in [-0.4, -0.2) is 59.9 Å². The van der Waals surface area contributed by atoms with Crippen molar-refractivity contribution < 1.29 is 4.79 Å². The van der Waals surface area contributed by atoms with E-state index in [0.717, 1.165) is 40.8 Å². The number of rotatable bonds is 4. The molecule has 2 aromatic carbocycles. The van der Waals surface area contributed by atoms with Gasteiger partial charge in [0.25, 0.3) is 5.91 Å². The molecule has 0 radical (unpaired) electrons. The predicted octanol–water partition coefficient (Wildman–Crippen LogP) is 5.58. The molecule has 3 heterocycles. The standard InChI is InChI=1S/C29H32N4O/c1-29(13-15-33(4)16-14-29)24-11-9-20(10-12-24)23-17-25-26(19-31-27(25)30-18-23)21-5-7-22(8-6-21)28(34)32(2)3/h5-12,17-19H,13-16H2,1-4H3,(H,30,31). The number of amides is 1. The summed E-state index contributed by atoms with van der Waals surface area (Å²) in [5.41, 5.74) is 7.65. The number of aromatic amines is 1. The largest absolute Gasteiger partial charge is 0.346 e. The minimum atomic E-state index is 0.00647. The van der Waals surface area contributed by atoms with Crippen LogP contribution in [0.25, 0.3) is 33.3 Å². The van der Waals surface area contributed by atoms with E-state index in [1.165, 1.54) is 24.0 Å². The van der Waals surface area contributed by atoms with Gasteiger partial charge in [0.2, 0.25) is 0 Å². The lowest BCUT2D eigenvalue weighted by atomic mass is 9.74. The Morgan fingerprint density at radius 3 is 2.26 bits per heavy atom. The van der Waals surface area contributed by atoms with E-state index in [-0.39, 0.29) is 11.3 Å². The summed E-state index contributed by atoms with van der Waals surface area (Å²) in [5, 5.41) is 1.08. The molecule has 1 saturated heterocycles. The summed E-state index contributed by atoms with van der Waals surface area (Å²) in [6.07, 6.45) is 6.33. The van der Waals surface area contributed by atoms with Gasteiger partial charge in [-0.1, -0.05) is 43.3 Å². The average molecular weight is 453 g/mol. The predicted molar refractivity (Wildman–Crippen MR) is 139 cm³/mol. The van der Waals surface area contributed by atoms with Crippen LogP contribution in [0, 0.1) is 0 Å². The first-order chi connectivity index (χ1) is 16.3. The van der Waals surface area contributed by atoms with E-state index in [1.807, 2.05) is 36.7 Å². The maximum Gasteiger partial charge on any atom is 0.253 e. The molecule has 0 bridgehead atoms. The van der Waals surface area contributed by atoms with Crippen LogP contribution in [0.4, 0.5) is 0 Å². The van der Waals surface area contributed by atoms with E-state index >= 15 is 0 Å². The van der Waals surface area contributed by atoms with Crippen molar-refractivity contribution in [2.24, 2.45) is 0 Å². The maximum absolute atomic E-state index is 12.2. The molecule has 1 N–H and O–H groups in total. The number of fused-ring (bicyclic) bond motifs is 1. The molecule has 1 aliphatic rings. The second-order valence-electron chi connectivity index (χ2n) is 10.0. The molecule has 0 aliphatic carbocycles. The molecule has 0 unspecified atom stereocenters. The molecular weight excluding hydrogens is 420 g/mol. The highest BCUT2D eigenvalue weighted by atomic mass is 16.2. The fourth-order valence-electron chi connectivity index (χ4n) is 4.92. The molecule has 1 aliphatic heterocycles. The molecule has 34 heavy (non-hydrogen) atoms. The topological polar surface area (TPSA) is 52.2 Å². The molecule has 5 rings (SSSR count). The Morgan fingerprint density at radius 2 is 1.62 bits per heavy atom. The molecule has 2 aromatic heterocycles. The molecular formula is C29H32N4O. The Hall–Kier alpha value is -3.44. The second kappa shape index (κ2) is 8.73. The molecule has 0 spiro atoms. The Labute approximate surface area is 201 Å². The van der Waals surface area contributed by atoms with Gasteiger partial charge in [-0.25, -0.2) is 4.98 Å². The minimum absolute atomic E-state index is 0.00647. The van der Waals surface area contributed by atoms with Crippen molar-refractivity contribution in [1.82, 2.24) is 19.8 Å². The van der Waals surface area contributed by atoms with Crippen LogP contribution in [0.3, 0.4) is 0 Å². The fraction of sp³-hybridized carbons (Fsp3) is 0.310. The number of hydrogen-bond donors (Lipinski definition) is 1. The first-order valence-electron chi connectivity index (χ1n) is 11.9. The number of carbonyl (C=O) groups excluding carboxylic acids is 1. The summed E-state index contributed by atoms with van der Waals surface area (Å²) in [5.74, 6) is 0.00647. The van der Waals surface area contributed by atoms with E-state index < -0.39 is 0 Å². The van der Waals surface area contributed by atoms with Crippen LogP contribution in [0.1, 0.15) is 35.7 Å². The number of benzene rings is 2. The van der Waals surface area contributed by atoms with Crippen LogP contribution < -0.4 is 0 Å². The Kier molecular flexibility index (Phi) is 5.74. The van der Waals surface area contributed by atoms with Gasteiger partial charge < -0.3 is 14.8 Å². The quantitative estimate of drug-likeness (QED) is 0.440. The molecule has 1 amide bonds. The van der Waals surface area contributed by atoms with Gasteiger partial charge in [0.1, 0.15) is 5.65 Å². The number of pyridine rings is 1. The summed E-state index contributed by atoms with van der Waals surface area (Å²) in [6, 6.07) is 19.0. The van der Waals surface area contributed by atoms with Gasteiger partial charge in [-0.05, 0) is 73.3 Å². The van der Waals surface area contributed by atoms with E-state index in [9.17, 15) is 4.79 Å². The smallest absolute Gasteiger partial charge is 0.253 e. The van der Waals surface area contributed by atoms with Crippen LogP contribution in [0.2, 0.25) is 0 Å². The third kappa shape index (κ3) is 4.12. The van der Waals surface area contributed by atoms with Crippen LogP contribution in [0.5, 0.6) is 0 Å². The van der Waals surface area contributed by atoms with Crippen molar-refractivity contribution in [3.05, 3.63) is 78.1 Å². The highest BCUT2D eigenvalue weighted by Crippen LogP contribution is 2.36. The number of likely N-dealkylation sites (tertiary alicyclic amines) is 1. The lowest BCUT2D eigenvalue weighted by molar-refractivity contribution is 0.0827. The first kappa shape index (κ1) is 22.4. The van der Waals surface area contributed by atoms with Crippen molar-refractivity contribution in [2.75, 3.05) is 34.2 Å². The Balaban J connectivity index is 1.44. The van der Waals surface area contributed by atoms with Gasteiger partial charge in [-0.3, -0.25) is 4.79 Å². The van der Waals surface area contributed by atoms with Crippen LogP contribution in [0.15, 0.2) is 67.0 Å². The number of nitrogens with one attached hydrogen (secondary N) is 1. The number of nitrogens with zero attached hydrogens (tertiary/aromatic N) is 3. The second-order valence-corrected chi connectivity index (χ2v) is 10.0. The normalized spacial score (nSPS) is 16.0. The van der Waals surface area contributed by atoms with Crippen LogP contribution >= 0.6 is 0 Å². The van der Waals surface area contributed by atoms with Gasteiger partial charge >= 0.3 is 0 Å². The molecule has 5 heteroatoms. The molecule has 0 saturated carbocycles. The van der Waals surface area contributed by atoms with Crippen molar-refractivity contribution in [3.63, 3.8) is 0 Å². The maximum atomic E-state index is 12.2. The summed E-state index contributed by atoms with van der Waals surface area (Å²) in [4.78, 5) is 24.2. The van der Waals surface area contributed by atoms with E-state index in [2.05, 4.69) is 59.2 Å². The van der Waals surface area contributed by atoms with Gasteiger partial charge in [-0.2, -0.15) is 0 Å². The molecule has 1 fully saturated rings. The minimum Gasteiger partial charge on any atom is -0.346 e. The SMILES string of the molecule is CN1CCC(C)(c2ccc(-c3cnc4[nH]cc(-c5ccc(C(=O)N(C)C)cc5)c4c3)cc2)CC1. The number of piperidine rings is 1. The summed E-state index contributed by atoms with van der Waals surface area (Å²) < 4.78 is 0.